The number of Topliss-reactive ketones (excluding diaryl/α,β-unsaturated/α-hetero) is 1. The van der Waals surface area contributed by atoms with Gasteiger partial charge in [-0.15, -0.1) is 0 Å². The third-order valence-corrected chi connectivity index (χ3v) is 6.07. The van der Waals surface area contributed by atoms with Gasteiger partial charge in [-0.1, -0.05) is 63.2 Å². The van der Waals surface area contributed by atoms with Crippen molar-refractivity contribution in [3.05, 3.63) is 101 Å². The number of carbonyl (C=O) groups excluding carboxylic acids is 3. The van der Waals surface area contributed by atoms with Crippen molar-refractivity contribution in [1.82, 2.24) is 0 Å². The highest BCUT2D eigenvalue weighted by Crippen LogP contribution is 2.42. The molecule has 1 saturated heterocycles. The van der Waals surface area contributed by atoms with Gasteiger partial charge < -0.3 is 14.6 Å². The molecule has 1 atom stereocenters. The molecule has 1 unspecified atom stereocenters. The molecule has 1 fully saturated rings. The van der Waals surface area contributed by atoms with Crippen molar-refractivity contribution < 1.29 is 29.0 Å². The van der Waals surface area contributed by atoms with Crippen LogP contribution in [0.25, 0.3) is 5.76 Å². The molecular formula is C31H31NO6. The standard InChI is InChI=1S/C31H31NO6/c1-4-17-37-31(36)22-13-15-24(16-14-22)32-27(21-9-6-5-7-10-21)26(29(34)30(32)35)28(33)23-11-8-12-25(18-23)38-19-20(2)3/h5-16,18,20,27,33H,4,17,19H2,1-3H3/b28-26+. The summed E-state index contributed by atoms with van der Waals surface area (Å²) in [6, 6.07) is 21.3. The first-order valence-corrected chi connectivity index (χ1v) is 12.7. The SMILES string of the molecule is CCCOC(=O)c1ccc(N2C(=O)C(=O)/C(=C(/O)c3cccc(OCC(C)C)c3)C2c2ccccc2)cc1. The van der Waals surface area contributed by atoms with Gasteiger partial charge in [0.15, 0.2) is 0 Å². The van der Waals surface area contributed by atoms with Gasteiger partial charge in [-0.05, 0) is 54.3 Å². The molecule has 196 valence electrons. The van der Waals surface area contributed by atoms with Crippen LogP contribution in [0.3, 0.4) is 0 Å². The number of anilines is 1. The topological polar surface area (TPSA) is 93.1 Å². The predicted molar refractivity (Wildman–Crippen MR) is 145 cm³/mol. The fourth-order valence-electron chi connectivity index (χ4n) is 4.24. The van der Waals surface area contributed by atoms with Crippen LogP contribution >= 0.6 is 0 Å². The van der Waals surface area contributed by atoms with Crippen LogP contribution in [-0.2, 0) is 14.3 Å². The van der Waals surface area contributed by atoms with E-state index in [2.05, 4.69) is 0 Å². The van der Waals surface area contributed by atoms with Crippen LogP contribution in [0.2, 0.25) is 0 Å². The molecule has 0 bridgehead atoms. The van der Waals surface area contributed by atoms with Gasteiger partial charge in [0, 0.05) is 11.3 Å². The Morgan fingerprint density at radius 1 is 0.947 bits per heavy atom. The summed E-state index contributed by atoms with van der Waals surface area (Å²) in [7, 11) is 0. The molecule has 7 heteroatoms. The average Bonchev–Trinajstić information content (AvgIpc) is 3.20. The zero-order valence-electron chi connectivity index (χ0n) is 21.7. The highest BCUT2D eigenvalue weighted by atomic mass is 16.5. The third kappa shape index (κ3) is 5.62. The minimum Gasteiger partial charge on any atom is -0.507 e. The quantitative estimate of drug-likeness (QED) is 0.165. The molecule has 0 spiro atoms. The van der Waals surface area contributed by atoms with Gasteiger partial charge in [0.05, 0.1) is 30.4 Å². The van der Waals surface area contributed by atoms with E-state index in [-0.39, 0.29) is 11.3 Å². The second kappa shape index (κ2) is 11.8. The number of hydrogen-bond donors (Lipinski definition) is 1. The number of rotatable bonds is 9. The Morgan fingerprint density at radius 3 is 2.32 bits per heavy atom. The van der Waals surface area contributed by atoms with Gasteiger partial charge in [-0.25, -0.2) is 4.79 Å². The number of aliphatic hydroxyl groups is 1. The van der Waals surface area contributed by atoms with E-state index in [1.54, 1.807) is 60.7 Å². The van der Waals surface area contributed by atoms with Crippen LogP contribution in [0.5, 0.6) is 5.75 Å². The van der Waals surface area contributed by atoms with Gasteiger partial charge in [0.25, 0.3) is 11.7 Å². The lowest BCUT2D eigenvalue weighted by molar-refractivity contribution is -0.132. The Bertz CT molecular complexity index is 1340. The monoisotopic (exact) mass is 513 g/mol. The number of hydrogen-bond acceptors (Lipinski definition) is 6. The van der Waals surface area contributed by atoms with Crippen LogP contribution < -0.4 is 9.64 Å². The molecule has 1 amide bonds. The van der Waals surface area contributed by atoms with E-state index in [1.165, 1.54) is 4.90 Å². The molecule has 1 heterocycles. The Balaban J connectivity index is 1.77. The lowest BCUT2D eigenvalue weighted by Crippen LogP contribution is -2.29. The van der Waals surface area contributed by atoms with E-state index < -0.39 is 23.7 Å². The van der Waals surface area contributed by atoms with Crippen molar-refractivity contribution in [3.63, 3.8) is 0 Å². The number of esters is 1. The van der Waals surface area contributed by atoms with Crippen LogP contribution in [0.15, 0.2) is 84.4 Å². The van der Waals surface area contributed by atoms with E-state index in [1.807, 2.05) is 39.0 Å². The number of ketones is 1. The van der Waals surface area contributed by atoms with Crippen LogP contribution in [0, 0.1) is 5.92 Å². The van der Waals surface area contributed by atoms with Crippen molar-refractivity contribution in [2.24, 2.45) is 5.92 Å². The number of amides is 1. The summed E-state index contributed by atoms with van der Waals surface area (Å²) in [6.07, 6.45) is 0.707. The van der Waals surface area contributed by atoms with Crippen molar-refractivity contribution in [3.8, 4) is 5.75 Å². The first kappa shape index (κ1) is 26.7. The number of aliphatic hydroxyl groups excluding tert-OH is 1. The maximum Gasteiger partial charge on any atom is 0.338 e. The van der Waals surface area contributed by atoms with E-state index >= 15 is 0 Å². The highest BCUT2D eigenvalue weighted by molar-refractivity contribution is 6.51. The molecule has 0 aromatic heterocycles. The Labute approximate surface area is 222 Å². The molecule has 3 aromatic rings. The van der Waals surface area contributed by atoms with Crippen molar-refractivity contribution in [1.29, 1.82) is 0 Å². The smallest absolute Gasteiger partial charge is 0.338 e. The summed E-state index contributed by atoms with van der Waals surface area (Å²) < 4.78 is 11.0. The Hall–Kier alpha value is -4.39. The molecule has 0 aliphatic carbocycles. The maximum atomic E-state index is 13.4. The van der Waals surface area contributed by atoms with Gasteiger partial charge in [-0.2, -0.15) is 0 Å². The molecule has 0 radical (unpaired) electrons. The Kier molecular flexibility index (Phi) is 8.26. The van der Waals surface area contributed by atoms with Crippen LogP contribution in [-0.4, -0.2) is 36.0 Å². The lowest BCUT2D eigenvalue weighted by Gasteiger charge is -2.25. The largest absolute Gasteiger partial charge is 0.507 e. The summed E-state index contributed by atoms with van der Waals surface area (Å²) in [5.41, 5.74) is 1.77. The molecular weight excluding hydrogens is 482 g/mol. The normalized spacial score (nSPS) is 16.6. The zero-order valence-corrected chi connectivity index (χ0v) is 21.7. The van der Waals surface area contributed by atoms with Gasteiger partial charge >= 0.3 is 5.97 Å². The van der Waals surface area contributed by atoms with Crippen molar-refractivity contribution >= 4 is 29.1 Å². The van der Waals surface area contributed by atoms with E-state index in [0.717, 1.165) is 0 Å². The van der Waals surface area contributed by atoms with Crippen LogP contribution in [0.4, 0.5) is 5.69 Å². The number of ether oxygens (including phenoxy) is 2. The van der Waals surface area contributed by atoms with E-state index in [4.69, 9.17) is 9.47 Å². The Morgan fingerprint density at radius 2 is 1.66 bits per heavy atom. The fraction of sp³-hybridized carbons (Fsp3) is 0.258. The molecule has 1 N–H and O–H groups in total. The fourth-order valence-corrected chi connectivity index (χ4v) is 4.24. The van der Waals surface area contributed by atoms with E-state index in [9.17, 15) is 19.5 Å². The first-order valence-electron chi connectivity index (χ1n) is 12.7. The molecule has 38 heavy (non-hydrogen) atoms. The molecule has 1 aliphatic rings. The summed E-state index contributed by atoms with van der Waals surface area (Å²) in [4.78, 5) is 40.3. The van der Waals surface area contributed by atoms with E-state index in [0.29, 0.717) is 53.7 Å². The van der Waals surface area contributed by atoms with Crippen LogP contribution in [0.1, 0.15) is 54.7 Å². The summed E-state index contributed by atoms with van der Waals surface area (Å²) >= 11 is 0. The minimum atomic E-state index is -0.866. The predicted octanol–water partition coefficient (Wildman–Crippen LogP) is 5.91. The number of benzene rings is 3. The minimum absolute atomic E-state index is 0.0198. The first-order chi connectivity index (χ1) is 18.3. The zero-order chi connectivity index (χ0) is 27.2. The van der Waals surface area contributed by atoms with Crippen molar-refractivity contribution in [2.75, 3.05) is 18.1 Å². The summed E-state index contributed by atoms with van der Waals surface area (Å²) in [6.45, 7) is 6.79. The summed E-state index contributed by atoms with van der Waals surface area (Å²) in [5.74, 6) is -1.44. The maximum absolute atomic E-state index is 13.4. The molecule has 3 aromatic carbocycles. The van der Waals surface area contributed by atoms with Gasteiger partial charge in [0.2, 0.25) is 0 Å². The molecule has 1 aliphatic heterocycles. The summed E-state index contributed by atoms with van der Waals surface area (Å²) in [5, 5.41) is 11.4. The van der Waals surface area contributed by atoms with Gasteiger partial charge in [0.1, 0.15) is 11.5 Å². The van der Waals surface area contributed by atoms with Crippen molar-refractivity contribution in [2.45, 2.75) is 33.2 Å². The molecule has 4 rings (SSSR count). The lowest BCUT2D eigenvalue weighted by atomic mass is 9.95. The number of nitrogens with zero attached hydrogens (tertiary/aromatic N) is 1. The second-order valence-electron chi connectivity index (χ2n) is 9.50. The average molecular weight is 514 g/mol. The highest BCUT2D eigenvalue weighted by Gasteiger charge is 2.47. The second-order valence-corrected chi connectivity index (χ2v) is 9.50. The molecule has 0 saturated carbocycles. The number of carbonyl (C=O) groups is 3. The third-order valence-electron chi connectivity index (χ3n) is 6.07. The van der Waals surface area contributed by atoms with Gasteiger partial charge in [-0.3, -0.25) is 14.5 Å². The molecule has 7 nitrogen and oxygen atoms in total.